The largest absolute Gasteiger partial charge is 0.319 e. The van der Waals surface area contributed by atoms with Gasteiger partial charge in [0.05, 0.1) is 0 Å². The minimum atomic E-state index is 0.196. The Kier molecular flexibility index (Phi) is 5.45. The van der Waals surface area contributed by atoms with Crippen LogP contribution < -0.4 is 5.32 Å². The number of carbonyl (C=O) groups is 1. The van der Waals surface area contributed by atoms with Crippen molar-refractivity contribution in [3.05, 3.63) is 11.1 Å². The van der Waals surface area contributed by atoms with Crippen LogP contribution in [-0.2, 0) is 4.79 Å². The van der Waals surface area contributed by atoms with Crippen LogP contribution in [0.1, 0.15) is 78.6 Å². The van der Waals surface area contributed by atoms with Crippen LogP contribution in [0.4, 0.5) is 0 Å². The van der Waals surface area contributed by atoms with Gasteiger partial charge < -0.3 is 4.90 Å². The second kappa shape index (κ2) is 7.38. The highest BCUT2D eigenvalue weighted by Gasteiger charge is 2.41. The molecular weight excluding hydrogens is 284 g/mol. The molecule has 0 spiro atoms. The lowest BCUT2D eigenvalue weighted by Crippen LogP contribution is -2.53. The van der Waals surface area contributed by atoms with Crippen molar-refractivity contribution in [3.8, 4) is 0 Å². The maximum absolute atomic E-state index is 12.9. The smallest absolute Gasteiger partial charge is 0.251 e. The van der Waals surface area contributed by atoms with Gasteiger partial charge in [-0.3, -0.25) is 10.1 Å². The van der Waals surface area contributed by atoms with Crippen molar-refractivity contribution in [1.29, 1.82) is 0 Å². The molecule has 3 aliphatic rings. The summed E-state index contributed by atoms with van der Waals surface area (Å²) >= 11 is 0. The molecule has 1 N–H and O–H groups in total. The number of nitrogens with one attached hydrogen (secondary N) is 1. The van der Waals surface area contributed by atoms with Crippen LogP contribution in [0.5, 0.6) is 0 Å². The SMILES string of the molecule is CCCCN1C(=O)C2=C(CCCC2)[C@@H]1N[C@@H]1CCC[C@H](C)[C@H]1C. The van der Waals surface area contributed by atoms with Crippen molar-refractivity contribution >= 4 is 5.91 Å². The van der Waals surface area contributed by atoms with Crippen LogP contribution in [0.25, 0.3) is 0 Å². The van der Waals surface area contributed by atoms with Crippen molar-refractivity contribution < 1.29 is 4.79 Å². The molecule has 130 valence electrons. The maximum Gasteiger partial charge on any atom is 0.251 e. The molecule has 1 heterocycles. The summed E-state index contributed by atoms with van der Waals surface area (Å²) in [5.41, 5.74) is 2.59. The Morgan fingerprint density at radius 3 is 2.70 bits per heavy atom. The highest BCUT2D eigenvalue weighted by Crippen LogP contribution is 2.37. The first-order chi connectivity index (χ1) is 11.1. The zero-order valence-corrected chi connectivity index (χ0v) is 15.2. The molecule has 3 rings (SSSR count). The van der Waals surface area contributed by atoms with Gasteiger partial charge in [-0.1, -0.05) is 40.0 Å². The third-order valence-corrected chi connectivity index (χ3v) is 6.50. The summed E-state index contributed by atoms with van der Waals surface area (Å²) in [6.45, 7) is 7.90. The van der Waals surface area contributed by atoms with Crippen molar-refractivity contribution in [3.63, 3.8) is 0 Å². The summed E-state index contributed by atoms with van der Waals surface area (Å²) in [7, 11) is 0. The van der Waals surface area contributed by atoms with E-state index in [0.29, 0.717) is 17.9 Å². The molecule has 0 aromatic rings. The lowest BCUT2D eigenvalue weighted by molar-refractivity contribution is -0.127. The Balaban J connectivity index is 1.77. The molecule has 0 saturated heterocycles. The average molecular weight is 319 g/mol. The van der Waals surface area contributed by atoms with Crippen molar-refractivity contribution in [2.45, 2.75) is 90.8 Å². The Labute approximate surface area is 141 Å². The van der Waals surface area contributed by atoms with Gasteiger partial charge in [0.1, 0.15) is 6.17 Å². The molecule has 0 radical (unpaired) electrons. The summed E-state index contributed by atoms with van der Waals surface area (Å²) in [6.07, 6.45) is 11.0. The molecule has 1 amide bonds. The van der Waals surface area contributed by atoms with Crippen LogP contribution in [0.15, 0.2) is 11.1 Å². The van der Waals surface area contributed by atoms with E-state index in [2.05, 4.69) is 31.0 Å². The third-order valence-electron chi connectivity index (χ3n) is 6.50. The lowest BCUT2D eigenvalue weighted by Gasteiger charge is -2.39. The Bertz CT molecular complexity index is 470. The van der Waals surface area contributed by atoms with E-state index < -0.39 is 0 Å². The van der Waals surface area contributed by atoms with Gasteiger partial charge in [-0.15, -0.1) is 0 Å². The van der Waals surface area contributed by atoms with E-state index in [1.54, 1.807) is 0 Å². The van der Waals surface area contributed by atoms with Gasteiger partial charge in [-0.05, 0) is 55.9 Å². The monoisotopic (exact) mass is 318 g/mol. The van der Waals surface area contributed by atoms with Crippen LogP contribution in [0, 0.1) is 11.8 Å². The van der Waals surface area contributed by atoms with Gasteiger partial charge in [-0.25, -0.2) is 0 Å². The number of hydrogen-bond donors (Lipinski definition) is 1. The van der Waals surface area contributed by atoms with Crippen LogP contribution in [0.2, 0.25) is 0 Å². The third kappa shape index (κ3) is 3.35. The van der Waals surface area contributed by atoms with Gasteiger partial charge in [0.25, 0.3) is 5.91 Å². The predicted molar refractivity (Wildman–Crippen MR) is 95.0 cm³/mol. The maximum atomic E-state index is 12.9. The minimum absolute atomic E-state index is 0.196. The molecule has 3 nitrogen and oxygen atoms in total. The van der Waals surface area contributed by atoms with E-state index in [0.717, 1.165) is 43.7 Å². The number of hydrogen-bond acceptors (Lipinski definition) is 2. The number of carbonyl (C=O) groups excluding carboxylic acids is 1. The van der Waals surface area contributed by atoms with E-state index in [1.165, 1.54) is 37.7 Å². The highest BCUT2D eigenvalue weighted by atomic mass is 16.2. The van der Waals surface area contributed by atoms with Gasteiger partial charge in [0, 0.05) is 18.2 Å². The first-order valence-electron chi connectivity index (χ1n) is 9.92. The van der Waals surface area contributed by atoms with Crippen LogP contribution >= 0.6 is 0 Å². The molecule has 0 aromatic heterocycles. The van der Waals surface area contributed by atoms with Gasteiger partial charge in [0.2, 0.25) is 0 Å². The molecule has 0 bridgehead atoms. The molecule has 2 aliphatic carbocycles. The summed E-state index contributed by atoms with van der Waals surface area (Å²) in [6, 6.07) is 0.564. The van der Waals surface area contributed by atoms with E-state index in [1.807, 2.05) is 0 Å². The lowest BCUT2D eigenvalue weighted by atomic mass is 9.77. The summed E-state index contributed by atoms with van der Waals surface area (Å²) < 4.78 is 0. The zero-order valence-electron chi connectivity index (χ0n) is 15.2. The molecule has 0 unspecified atom stereocenters. The van der Waals surface area contributed by atoms with Crippen LogP contribution in [-0.4, -0.2) is 29.6 Å². The fraction of sp³-hybridized carbons (Fsp3) is 0.850. The molecule has 4 atom stereocenters. The molecule has 1 saturated carbocycles. The number of nitrogens with zero attached hydrogens (tertiary/aromatic N) is 1. The molecule has 1 aliphatic heterocycles. The summed E-state index contributed by atoms with van der Waals surface area (Å²) in [5.74, 6) is 1.84. The second-order valence-corrected chi connectivity index (χ2v) is 8.01. The molecule has 0 aromatic carbocycles. The topological polar surface area (TPSA) is 32.3 Å². The second-order valence-electron chi connectivity index (χ2n) is 8.01. The van der Waals surface area contributed by atoms with E-state index in [4.69, 9.17) is 0 Å². The van der Waals surface area contributed by atoms with Crippen LogP contribution in [0.3, 0.4) is 0 Å². The van der Waals surface area contributed by atoms with Gasteiger partial charge >= 0.3 is 0 Å². The van der Waals surface area contributed by atoms with E-state index in [-0.39, 0.29) is 6.17 Å². The van der Waals surface area contributed by atoms with Crippen molar-refractivity contribution in [1.82, 2.24) is 10.2 Å². The Hall–Kier alpha value is -0.830. The Morgan fingerprint density at radius 1 is 1.13 bits per heavy atom. The highest BCUT2D eigenvalue weighted by molar-refractivity contribution is 5.97. The van der Waals surface area contributed by atoms with E-state index >= 15 is 0 Å². The fourth-order valence-electron chi connectivity index (χ4n) is 4.72. The summed E-state index contributed by atoms with van der Waals surface area (Å²) in [5, 5.41) is 3.93. The van der Waals surface area contributed by atoms with Crippen molar-refractivity contribution in [2.24, 2.45) is 11.8 Å². The minimum Gasteiger partial charge on any atom is -0.319 e. The molecular formula is C20H34N2O. The molecule has 1 fully saturated rings. The first kappa shape index (κ1) is 17.0. The average Bonchev–Trinajstić information content (AvgIpc) is 2.82. The molecule has 3 heteroatoms. The summed E-state index contributed by atoms with van der Waals surface area (Å²) in [4.78, 5) is 15.0. The predicted octanol–water partition coefficient (Wildman–Crippen LogP) is 4.24. The van der Waals surface area contributed by atoms with E-state index in [9.17, 15) is 4.79 Å². The normalized spacial score (nSPS) is 34.9. The zero-order chi connectivity index (χ0) is 16.4. The van der Waals surface area contributed by atoms with Gasteiger partial charge in [0.15, 0.2) is 0 Å². The standard InChI is InChI=1S/C20H34N2O/c1-4-5-13-22-19(16-10-6-7-11-17(16)20(22)23)21-18-12-8-9-14(2)15(18)3/h14-15,18-19,21H,4-13H2,1-3H3/t14-,15+,18+,19+/m0/s1. The quantitative estimate of drug-likeness (QED) is 0.822. The number of unbranched alkanes of at least 4 members (excludes halogenated alkanes) is 1. The fourth-order valence-corrected chi connectivity index (χ4v) is 4.72. The molecule has 23 heavy (non-hydrogen) atoms. The number of rotatable bonds is 5. The number of amides is 1. The first-order valence-corrected chi connectivity index (χ1v) is 9.92. The van der Waals surface area contributed by atoms with Crippen molar-refractivity contribution in [2.75, 3.05) is 6.54 Å². The Morgan fingerprint density at radius 2 is 1.91 bits per heavy atom. The van der Waals surface area contributed by atoms with Gasteiger partial charge in [-0.2, -0.15) is 0 Å².